The Kier molecular flexibility index (Phi) is 4.12. The Labute approximate surface area is 135 Å². The standard InChI is InChI=1S/C16H13FN2O3S/c1-22-16(21)13-7-10-5-6-23-15(10)19(13)9-14(20)18-12-4-2-3-11(17)8-12/h2-8H,9H2,1H3,(H,18,20). The predicted octanol–water partition coefficient (Wildman–Crippen LogP) is 3.27. The number of thiophene rings is 1. The summed E-state index contributed by atoms with van der Waals surface area (Å²) < 4.78 is 19.5. The molecule has 1 amide bonds. The molecule has 1 N–H and O–H groups in total. The Morgan fingerprint density at radius 1 is 1.30 bits per heavy atom. The molecule has 0 spiro atoms. The summed E-state index contributed by atoms with van der Waals surface area (Å²) in [6, 6.07) is 9.19. The van der Waals surface area contributed by atoms with Gasteiger partial charge >= 0.3 is 5.97 Å². The van der Waals surface area contributed by atoms with Crippen LogP contribution in [0.15, 0.2) is 41.8 Å². The number of carbonyl (C=O) groups is 2. The third-order valence-electron chi connectivity index (χ3n) is 3.31. The number of rotatable bonds is 4. The fourth-order valence-electron chi connectivity index (χ4n) is 2.32. The van der Waals surface area contributed by atoms with Crippen molar-refractivity contribution < 1.29 is 18.7 Å². The van der Waals surface area contributed by atoms with Crippen LogP contribution in [0.2, 0.25) is 0 Å². The maximum absolute atomic E-state index is 13.2. The zero-order chi connectivity index (χ0) is 16.4. The van der Waals surface area contributed by atoms with Gasteiger partial charge in [0.25, 0.3) is 0 Å². The Bertz CT molecular complexity index is 884. The van der Waals surface area contributed by atoms with E-state index in [4.69, 9.17) is 4.74 Å². The maximum Gasteiger partial charge on any atom is 0.354 e. The highest BCUT2D eigenvalue weighted by Gasteiger charge is 2.19. The van der Waals surface area contributed by atoms with E-state index in [1.165, 1.54) is 36.6 Å². The number of esters is 1. The number of ether oxygens (including phenoxy) is 1. The molecule has 23 heavy (non-hydrogen) atoms. The van der Waals surface area contributed by atoms with E-state index >= 15 is 0 Å². The first-order valence-electron chi connectivity index (χ1n) is 6.79. The molecule has 2 heterocycles. The molecule has 3 rings (SSSR count). The monoisotopic (exact) mass is 332 g/mol. The SMILES string of the molecule is COC(=O)c1cc2ccsc2n1CC(=O)Nc1cccc(F)c1. The fourth-order valence-corrected chi connectivity index (χ4v) is 3.21. The van der Waals surface area contributed by atoms with Crippen LogP contribution in [0, 0.1) is 5.82 Å². The van der Waals surface area contributed by atoms with Crippen LogP contribution in [-0.4, -0.2) is 23.6 Å². The summed E-state index contributed by atoms with van der Waals surface area (Å²) in [6.07, 6.45) is 0. The molecule has 5 nitrogen and oxygen atoms in total. The summed E-state index contributed by atoms with van der Waals surface area (Å²) in [4.78, 5) is 24.9. The van der Waals surface area contributed by atoms with Gasteiger partial charge in [0.2, 0.25) is 5.91 Å². The van der Waals surface area contributed by atoms with Crippen LogP contribution in [0.3, 0.4) is 0 Å². The van der Waals surface area contributed by atoms with Crippen molar-refractivity contribution in [2.24, 2.45) is 0 Å². The number of benzene rings is 1. The third-order valence-corrected chi connectivity index (χ3v) is 4.26. The van der Waals surface area contributed by atoms with Crippen molar-refractivity contribution in [3.63, 3.8) is 0 Å². The fraction of sp³-hybridized carbons (Fsp3) is 0.125. The highest BCUT2D eigenvalue weighted by atomic mass is 32.1. The number of nitrogens with one attached hydrogen (secondary N) is 1. The van der Waals surface area contributed by atoms with Gasteiger partial charge in [-0.25, -0.2) is 9.18 Å². The van der Waals surface area contributed by atoms with Gasteiger partial charge < -0.3 is 14.6 Å². The van der Waals surface area contributed by atoms with E-state index in [2.05, 4.69) is 5.32 Å². The van der Waals surface area contributed by atoms with Gasteiger partial charge in [-0.3, -0.25) is 4.79 Å². The molecule has 7 heteroatoms. The van der Waals surface area contributed by atoms with Crippen LogP contribution in [0.4, 0.5) is 10.1 Å². The van der Waals surface area contributed by atoms with Gasteiger partial charge in [-0.05, 0) is 35.7 Å². The minimum Gasteiger partial charge on any atom is -0.464 e. The number of nitrogens with zero attached hydrogens (tertiary/aromatic N) is 1. The molecule has 0 aliphatic carbocycles. The Balaban J connectivity index is 1.86. The van der Waals surface area contributed by atoms with Gasteiger partial charge in [0.1, 0.15) is 22.9 Å². The number of halogens is 1. The van der Waals surface area contributed by atoms with Crippen LogP contribution < -0.4 is 5.32 Å². The summed E-state index contributed by atoms with van der Waals surface area (Å²) in [6.45, 7) is -0.0645. The Hall–Kier alpha value is -2.67. The number of methoxy groups -OCH3 is 1. The van der Waals surface area contributed by atoms with Gasteiger partial charge in [-0.1, -0.05) is 6.07 Å². The lowest BCUT2D eigenvalue weighted by atomic mass is 10.3. The Morgan fingerprint density at radius 3 is 2.87 bits per heavy atom. The molecule has 0 aliphatic heterocycles. The van der Waals surface area contributed by atoms with Crippen molar-refractivity contribution in [2.75, 3.05) is 12.4 Å². The molecule has 0 bridgehead atoms. The predicted molar refractivity (Wildman–Crippen MR) is 86.2 cm³/mol. The van der Waals surface area contributed by atoms with Gasteiger partial charge in [0.05, 0.1) is 7.11 Å². The lowest BCUT2D eigenvalue weighted by molar-refractivity contribution is -0.116. The number of fused-ring (bicyclic) bond motifs is 1. The first-order valence-corrected chi connectivity index (χ1v) is 7.67. The molecule has 1 aromatic carbocycles. The van der Waals surface area contributed by atoms with Gasteiger partial charge in [-0.15, -0.1) is 11.3 Å². The summed E-state index contributed by atoms with van der Waals surface area (Å²) in [5.74, 6) is -1.29. The zero-order valence-corrected chi connectivity index (χ0v) is 13.0. The van der Waals surface area contributed by atoms with Gasteiger partial charge in [-0.2, -0.15) is 0 Å². The average molecular weight is 332 g/mol. The van der Waals surface area contributed by atoms with E-state index in [0.717, 1.165) is 10.2 Å². The number of aromatic nitrogens is 1. The number of hydrogen-bond donors (Lipinski definition) is 1. The molecule has 0 aliphatic rings. The highest BCUT2D eigenvalue weighted by molar-refractivity contribution is 7.16. The van der Waals surface area contributed by atoms with Crippen molar-refractivity contribution in [2.45, 2.75) is 6.54 Å². The van der Waals surface area contributed by atoms with E-state index in [0.29, 0.717) is 11.4 Å². The van der Waals surface area contributed by atoms with E-state index in [1.54, 1.807) is 16.7 Å². The maximum atomic E-state index is 13.2. The lowest BCUT2D eigenvalue weighted by Crippen LogP contribution is -2.21. The Morgan fingerprint density at radius 2 is 2.13 bits per heavy atom. The second kappa shape index (κ2) is 6.21. The average Bonchev–Trinajstić information content (AvgIpc) is 3.09. The molecule has 0 atom stereocenters. The molecule has 118 valence electrons. The lowest BCUT2D eigenvalue weighted by Gasteiger charge is -2.09. The molecule has 0 saturated heterocycles. The van der Waals surface area contributed by atoms with Crippen molar-refractivity contribution >= 4 is 39.1 Å². The van der Waals surface area contributed by atoms with Crippen LogP contribution >= 0.6 is 11.3 Å². The van der Waals surface area contributed by atoms with Crippen LogP contribution in [-0.2, 0) is 16.1 Å². The van der Waals surface area contributed by atoms with Crippen molar-refractivity contribution in [1.29, 1.82) is 0 Å². The number of hydrogen-bond acceptors (Lipinski definition) is 4. The minimum absolute atomic E-state index is 0.0645. The van der Waals surface area contributed by atoms with Crippen LogP contribution in [0.25, 0.3) is 10.2 Å². The molecule has 0 unspecified atom stereocenters. The first-order chi connectivity index (χ1) is 11.1. The summed E-state index contributed by atoms with van der Waals surface area (Å²) in [5.41, 5.74) is 0.674. The van der Waals surface area contributed by atoms with Crippen molar-refractivity contribution in [3.8, 4) is 0 Å². The summed E-state index contributed by atoms with van der Waals surface area (Å²) in [7, 11) is 1.29. The molecule has 3 aromatic rings. The molecular formula is C16H13FN2O3S. The number of carbonyl (C=O) groups excluding carboxylic acids is 2. The van der Waals surface area contributed by atoms with Crippen molar-refractivity contribution in [1.82, 2.24) is 4.57 Å². The van der Waals surface area contributed by atoms with E-state index in [9.17, 15) is 14.0 Å². The van der Waals surface area contributed by atoms with Gasteiger partial charge in [0.15, 0.2) is 0 Å². The second-order valence-corrected chi connectivity index (χ2v) is 5.74. The van der Waals surface area contributed by atoms with E-state index < -0.39 is 11.8 Å². The smallest absolute Gasteiger partial charge is 0.354 e. The van der Waals surface area contributed by atoms with Gasteiger partial charge in [0, 0.05) is 11.1 Å². The summed E-state index contributed by atoms with van der Waals surface area (Å²) >= 11 is 1.43. The quantitative estimate of drug-likeness (QED) is 0.746. The van der Waals surface area contributed by atoms with Crippen molar-refractivity contribution in [3.05, 3.63) is 53.3 Å². The highest BCUT2D eigenvalue weighted by Crippen LogP contribution is 2.26. The molecular weight excluding hydrogens is 319 g/mol. The first kappa shape index (κ1) is 15.2. The number of amides is 1. The van der Waals surface area contributed by atoms with E-state index in [1.807, 2.05) is 11.4 Å². The summed E-state index contributed by atoms with van der Waals surface area (Å²) in [5, 5.41) is 5.37. The molecule has 0 fully saturated rings. The van der Waals surface area contributed by atoms with Crippen LogP contribution in [0.1, 0.15) is 10.5 Å². The van der Waals surface area contributed by atoms with E-state index in [-0.39, 0.29) is 12.5 Å². The third kappa shape index (κ3) is 3.09. The normalized spacial score (nSPS) is 10.7. The van der Waals surface area contributed by atoms with Crippen LogP contribution in [0.5, 0.6) is 0 Å². The second-order valence-electron chi connectivity index (χ2n) is 4.85. The number of anilines is 1. The molecule has 0 radical (unpaired) electrons. The molecule has 0 saturated carbocycles. The topological polar surface area (TPSA) is 60.3 Å². The molecule has 2 aromatic heterocycles. The minimum atomic E-state index is -0.507. The largest absolute Gasteiger partial charge is 0.464 e. The zero-order valence-electron chi connectivity index (χ0n) is 12.2.